The van der Waals surface area contributed by atoms with E-state index in [2.05, 4.69) is 22.6 Å². The molecule has 1 N–H and O–H groups in total. The monoisotopic (exact) mass is 552 g/mol. The smallest absolute Gasteiger partial charge is 0.416 e. The predicted octanol–water partition coefficient (Wildman–Crippen LogP) is 5.14. The van der Waals surface area contributed by atoms with Crippen LogP contribution >= 0.6 is 11.8 Å². The van der Waals surface area contributed by atoms with Crippen molar-refractivity contribution in [3.8, 4) is 12.0 Å². The van der Waals surface area contributed by atoms with Gasteiger partial charge in [0.05, 0.1) is 41.9 Å². The number of rotatable bonds is 4. The van der Waals surface area contributed by atoms with E-state index < -0.39 is 17.8 Å². The van der Waals surface area contributed by atoms with Crippen LogP contribution in [0.15, 0.2) is 59.1 Å². The number of carbonyl (C=O) groups is 1. The standard InChI is InChI=1S/C28H23F3N4O3S/c1-17(2)19-4-5-20(23(13-19)28(29,30)31)15-35-24-6-3-18(11-21(24)14-32-35)12-25-26(37)33-27(39-25)34-8-10-38-22(16-34)7-9-36/h3-6,11-14,22,36H,1,8,10,15-16H2,2H3/b25-12-/t22-/m0/s1. The van der Waals surface area contributed by atoms with Gasteiger partial charge in [0.1, 0.15) is 12.2 Å². The Morgan fingerprint density at radius 2 is 2.13 bits per heavy atom. The van der Waals surface area contributed by atoms with E-state index >= 15 is 0 Å². The van der Waals surface area contributed by atoms with Crippen LogP contribution in [0.3, 0.4) is 0 Å². The number of halogens is 3. The number of hydrogen-bond donors (Lipinski definition) is 1. The van der Waals surface area contributed by atoms with E-state index in [1.54, 1.807) is 37.4 Å². The summed E-state index contributed by atoms with van der Waals surface area (Å²) in [6.45, 7) is 6.69. The number of alkyl halides is 3. The highest BCUT2D eigenvalue weighted by molar-refractivity contribution is 8.18. The summed E-state index contributed by atoms with van der Waals surface area (Å²) in [6, 6.07) is 9.61. The van der Waals surface area contributed by atoms with E-state index in [1.807, 2.05) is 17.1 Å². The number of benzene rings is 2. The van der Waals surface area contributed by atoms with Crippen LogP contribution in [-0.4, -0.2) is 56.7 Å². The number of aromatic nitrogens is 2. The molecule has 1 fully saturated rings. The van der Waals surface area contributed by atoms with Crippen molar-refractivity contribution in [2.24, 2.45) is 4.99 Å². The summed E-state index contributed by atoms with van der Waals surface area (Å²) in [6.07, 6.45) is 0.198. The van der Waals surface area contributed by atoms with Crippen molar-refractivity contribution in [2.45, 2.75) is 25.7 Å². The number of carbonyl (C=O) groups excluding carboxylic acids is 1. The van der Waals surface area contributed by atoms with Crippen molar-refractivity contribution in [1.82, 2.24) is 14.7 Å². The summed E-state index contributed by atoms with van der Waals surface area (Å²) >= 11 is 1.25. The molecule has 5 rings (SSSR count). The number of hydrogen-bond acceptors (Lipinski definition) is 6. The third-order valence-corrected chi connectivity index (χ3v) is 7.41. The minimum absolute atomic E-state index is 0.0536. The highest BCUT2D eigenvalue weighted by Crippen LogP contribution is 2.35. The first-order chi connectivity index (χ1) is 18.6. The third kappa shape index (κ3) is 5.72. The Morgan fingerprint density at radius 3 is 2.87 bits per heavy atom. The quantitative estimate of drug-likeness (QED) is 0.357. The molecule has 2 aliphatic heterocycles. The second kappa shape index (κ2) is 10.6. The fourth-order valence-corrected chi connectivity index (χ4v) is 5.34. The van der Waals surface area contributed by atoms with Crippen molar-refractivity contribution >= 4 is 45.4 Å². The summed E-state index contributed by atoms with van der Waals surface area (Å²) < 4.78 is 48.3. The average molecular weight is 553 g/mol. The molecule has 0 spiro atoms. The molecule has 200 valence electrons. The molecule has 1 amide bonds. The molecule has 1 atom stereocenters. The second-order valence-corrected chi connectivity index (χ2v) is 10.2. The topological polar surface area (TPSA) is 80.0 Å². The van der Waals surface area contributed by atoms with Crippen LogP contribution in [0.4, 0.5) is 13.2 Å². The zero-order valence-electron chi connectivity index (χ0n) is 20.8. The predicted molar refractivity (Wildman–Crippen MR) is 144 cm³/mol. The molecule has 0 unspecified atom stereocenters. The van der Waals surface area contributed by atoms with Gasteiger partial charge in [-0.1, -0.05) is 30.4 Å². The number of amidine groups is 1. The molecule has 0 radical (unpaired) electrons. The van der Waals surface area contributed by atoms with Crippen molar-refractivity contribution in [1.29, 1.82) is 0 Å². The average Bonchev–Trinajstić information content (AvgIpc) is 3.46. The summed E-state index contributed by atoms with van der Waals surface area (Å²) in [4.78, 5) is 19.1. The molecular weight excluding hydrogens is 529 g/mol. The third-order valence-electron chi connectivity index (χ3n) is 6.36. The fraction of sp³-hybridized carbons (Fsp3) is 0.250. The zero-order valence-corrected chi connectivity index (χ0v) is 21.6. The van der Waals surface area contributed by atoms with Crippen LogP contribution < -0.4 is 0 Å². The van der Waals surface area contributed by atoms with Gasteiger partial charge in [-0.2, -0.15) is 23.3 Å². The van der Waals surface area contributed by atoms with Crippen molar-refractivity contribution in [3.63, 3.8) is 0 Å². The second-order valence-electron chi connectivity index (χ2n) is 9.14. The van der Waals surface area contributed by atoms with E-state index in [0.29, 0.717) is 46.4 Å². The molecule has 1 saturated heterocycles. The molecule has 2 aromatic carbocycles. The van der Waals surface area contributed by atoms with Gasteiger partial charge in [-0.25, -0.2) is 0 Å². The van der Waals surface area contributed by atoms with E-state index in [9.17, 15) is 18.0 Å². The van der Waals surface area contributed by atoms with Crippen LogP contribution in [0.2, 0.25) is 0 Å². The maximum atomic E-state index is 13.8. The van der Waals surface area contributed by atoms with Crippen molar-refractivity contribution in [2.75, 3.05) is 19.7 Å². The largest absolute Gasteiger partial charge is 0.462 e. The summed E-state index contributed by atoms with van der Waals surface area (Å²) in [5.41, 5.74) is 1.79. The molecule has 0 saturated carbocycles. The lowest BCUT2D eigenvalue weighted by Crippen LogP contribution is -2.43. The number of aliphatic hydroxyl groups excluding tert-OH is 1. The first kappa shape index (κ1) is 26.6. The summed E-state index contributed by atoms with van der Waals surface area (Å²) in [5, 5.41) is 14.4. The van der Waals surface area contributed by atoms with Crippen LogP contribution in [0.25, 0.3) is 22.6 Å². The van der Waals surface area contributed by atoms with Crippen LogP contribution in [0.1, 0.15) is 29.2 Å². The highest BCUT2D eigenvalue weighted by Gasteiger charge is 2.34. The Morgan fingerprint density at radius 1 is 1.31 bits per heavy atom. The number of aliphatic imine (C=N–C) groups is 1. The number of fused-ring (bicyclic) bond motifs is 1. The van der Waals surface area contributed by atoms with E-state index in [-0.39, 0.29) is 18.0 Å². The molecule has 0 aliphatic carbocycles. The first-order valence-electron chi connectivity index (χ1n) is 12.0. The minimum atomic E-state index is -4.51. The maximum absolute atomic E-state index is 13.8. The first-order valence-corrected chi connectivity index (χ1v) is 12.8. The van der Waals surface area contributed by atoms with Gasteiger partial charge in [-0.3, -0.25) is 9.48 Å². The highest BCUT2D eigenvalue weighted by atomic mass is 32.2. The molecule has 1 aromatic heterocycles. The number of morpholine rings is 1. The number of thioether (sulfide) groups is 1. The summed E-state index contributed by atoms with van der Waals surface area (Å²) in [7, 11) is 0. The normalized spacial score (nSPS) is 18.8. The zero-order chi connectivity index (χ0) is 27.7. The minimum Gasteiger partial charge on any atom is -0.462 e. The van der Waals surface area contributed by atoms with Gasteiger partial charge in [0.2, 0.25) is 0 Å². The van der Waals surface area contributed by atoms with Gasteiger partial charge < -0.3 is 14.7 Å². The summed E-state index contributed by atoms with van der Waals surface area (Å²) in [5.74, 6) is 2.20. The molecule has 7 nitrogen and oxygen atoms in total. The molecule has 39 heavy (non-hydrogen) atoms. The molecule has 3 heterocycles. The molecule has 0 bridgehead atoms. The van der Waals surface area contributed by atoms with Crippen molar-refractivity contribution in [3.05, 3.63) is 76.3 Å². The Labute approximate surface area is 226 Å². The maximum Gasteiger partial charge on any atom is 0.416 e. The lowest BCUT2D eigenvalue weighted by molar-refractivity contribution is -0.138. The number of aliphatic hydroxyl groups is 1. The molecule has 11 heteroatoms. The number of allylic oxidation sites excluding steroid dienone is 1. The van der Waals surface area contributed by atoms with Gasteiger partial charge in [0, 0.05) is 11.9 Å². The van der Waals surface area contributed by atoms with Crippen molar-refractivity contribution < 1.29 is 27.8 Å². The molecular formula is C28H23F3N4O3S. The number of ether oxygens (including phenoxy) is 1. The Balaban J connectivity index is 1.35. The van der Waals surface area contributed by atoms with Crippen LogP contribution in [0.5, 0.6) is 0 Å². The molecule has 3 aromatic rings. The molecule has 2 aliphatic rings. The Kier molecular flexibility index (Phi) is 7.25. The Bertz CT molecular complexity index is 1600. The van der Waals surface area contributed by atoms with Gasteiger partial charge in [0.15, 0.2) is 5.17 Å². The van der Waals surface area contributed by atoms with E-state index in [0.717, 1.165) is 17.0 Å². The Hall–Kier alpha value is -4.01. The van der Waals surface area contributed by atoms with E-state index in [4.69, 9.17) is 9.84 Å². The van der Waals surface area contributed by atoms with Crippen LogP contribution in [-0.2, 0) is 22.3 Å². The van der Waals surface area contributed by atoms with Gasteiger partial charge in [-0.15, -0.1) is 0 Å². The lowest BCUT2D eigenvalue weighted by atomic mass is 10.00. The van der Waals surface area contributed by atoms with E-state index in [1.165, 1.54) is 22.5 Å². The van der Waals surface area contributed by atoms with Gasteiger partial charge >= 0.3 is 6.18 Å². The lowest BCUT2D eigenvalue weighted by Gasteiger charge is -2.31. The van der Waals surface area contributed by atoms with Gasteiger partial charge in [0.25, 0.3) is 5.91 Å². The SMILES string of the molecule is C=C(C)c1ccc(Cn2ncc3cc(/C=C4\SC(N5CCO[C@@H](C#CO)C5)=NC4=O)ccc32)c(C(F)(F)F)c1. The fourth-order valence-electron chi connectivity index (χ4n) is 4.39. The number of amides is 1. The number of nitrogens with zero attached hydrogens (tertiary/aromatic N) is 4. The van der Waals surface area contributed by atoms with Gasteiger partial charge in [-0.05, 0) is 65.6 Å². The van der Waals surface area contributed by atoms with Crippen LogP contribution in [0, 0.1) is 12.0 Å².